The van der Waals surface area contributed by atoms with Crippen molar-refractivity contribution in [2.75, 3.05) is 13.2 Å². The number of aliphatic hydroxyl groups is 6. The van der Waals surface area contributed by atoms with E-state index in [1.54, 1.807) is 0 Å². The van der Waals surface area contributed by atoms with E-state index in [-0.39, 0.29) is 59.9 Å². The summed E-state index contributed by atoms with van der Waals surface area (Å²) in [6.07, 6.45) is -2.10. The Hall–Kier alpha value is -1.70. The van der Waals surface area contributed by atoms with Crippen molar-refractivity contribution in [1.29, 1.82) is 0 Å². The fourth-order valence-corrected chi connectivity index (χ4v) is 10.3. The molecule has 0 spiro atoms. The molecule has 0 aromatic heterocycles. The monoisotopic (exact) mass is 634 g/mol. The maximum atomic E-state index is 13.4. The molecule has 3 saturated carbocycles. The molecule has 0 radical (unpaired) electrons. The van der Waals surface area contributed by atoms with Crippen molar-refractivity contribution in [3.05, 3.63) is 22.8 Å². The van der Waals surface area contributed by atoms with Crippen molar-refractivity contribution in [2.24, 2.45) is 40.4 Å². The van der Waals surface area contributed by atoms with E-state index in [0.29, 0.717) is 18.4 Å². The number of Topliss-reactive ketones (excluding diaryl/α,β-unsaturated/α-hetero) is 1. The van der Waals surface area contributed by atoms with Crippen LogP contribution in [-0.2, 0) is 23.8 Å². The van der Waals surface area contributed by atoms with E-state index in [2.05, 4.69) is 13.8 Å². The quantitative estimate of drug-likeness (QED) is 0.182. The predicted octanol–water partition coefficient (Wildman–Crippen LogP) is 1.16. The van der Waals surface area contributed by atoms with Crippen molar-refractivity contribution in [3.8, 4) is 0 Å². The summed E-state index contributed by atoms with van der Waals surface area (Å²) in [4.78, 5) is 26.6. The summed E-state index contributed by atoms with van der Waals surface area (Å²) in [5.41, 5.74) is 1.30. The number of fused-ring (bicyclic) bond motifs is 5. The van der Waals surface area contributed by atoms with Crippen LogP contribution < -0.4 is 0 Å². The third-order valence-corrected chi connectivity index (χ3v) is 13.0. The van der Waals surface area contributed by atoms with Gasteiger partial charge in [-0.15, -0.1) is 0 Å². The van der Waals surface area contributed by atoms with Gasteiger partial charge in [0.25, 0.3) is 0 Å². The van der Waals surface area contributed by atoms with Crippen LogP contribution in [-0.4, -0.2) is 105 Å². The fraction of sp³-hybridized carbons (Fsp3) is 0.824. The second-order valence-electron chi connectivity index (χ2n) is 15.2. The molecule has 0 bridgehead atoms. The average Bonchev–Trinajstić information content (AvgIpc) is 3.34. The van der Waals surface area contributed by atoms with Crippen LogP contribution in [0.5, 0.6) is 0 Å². The van der Waals surface area contributed by atoms with Gasteiger partial charge in [-0.3, -0.25) is 4.79 Å². The summed E-state index contributed by atoms with van der Waals surface area (Å²) in [7, 11) is 0. The molecule has 2 aliphatic heterocycles. The Bertz CT molecular complexity index is 1240. The van der Waals surface area contributed by atoms with Crippen LogP contribution >= 0.6 is 0 Å². The van der Waals surface area contributed by atoms with E-state index in [1.165, 1.54) is 0 Å². The van der Waals surface area contributed by atoms with Crippen molar-refractivity contribution in [3.63, 3.8) is 0 Å². The van der Waals surface area contributed by atoms with Crippen LogP contribution in [0, 0.1) is 40.4 Å². The first-order valence-electron chi connectivity index (χ1n) is 16.6. The van der Waals surface area contributed by atoms with Gasteiger partial charge in [0.1, 0.15) is 36.3 Å². The van der Waals surface area contributed by atoms with E-state index >= 15 is 0 Å². The molecule has 252 valence electrons. The van der Waals surface area contributed by atoms with Crippen LogP contribution in [0.1, 0.15) is 72.6 Å². The molecule has 2 heterocycles. The van der Waals surface area contributed by atoms with Gasteiger partial charge < -0.3 is 44.8 Å². The molecule has 6 rings (SSSR count). The number of cyclic esters (lactones) is 1. The molecule has 45 heavy (non-hydrogen) atoms. The molecule has 1 saturated heterocycles. The summed E-state index contributed by atoms with van der Waals surface area (Å²) in [5.74, 6) is 0.136. The number of carbonyl (C=O) groups is 2. The number of carbonyl (C=O) groups excluding carboxylic acids is 2. The SMILES string of the molecule is CC1=C(CO[C@@H]2O[C@H](CO)[C@@H](O)[C@H](O)[C@H]2O)C(=O)O[C@@H]([C@@H](C)[C@H]2CC[C@H]3[C@@H]4[C@H](O)C=C5C[C@H](O)CC(=O)[C@]5(C)[C@H]4CC[C@]23C)C1. The predicted molar refractivity (Wildman–Crippen MR) is 159 cm³/mol. The smallest absolute Gasteiger partial charge is 0.336 e. The number of rotatable bonds is 6. The topological polar surface area (TPSA) is 183 Å². The Morgan fingerprint density at radius 2 is 1.71 bits per heavy atom. The second-order valence-corrected chi connectivity index (χ2v) is 15.2. The van der Waals surface area contributed by atoms with E-state index in [4.69, 9.17) is 14.2 Å². The van der Waals surface area contributed by atoms with Crippen LogP contribution in [0.15, 0.2) is 22.8 Å². The first-order valence-corrected chi connectivity index (χ1v) is 16.6. The maximum Gasteiger partial charge on any atom is 0.336 e. The lowest BCUT2D eigenvalue weighted by Crippen LogP contribution is -2.59. The number of esters is 1. The van der Waals surface area contributed by atoms with Gasteiger partial charge in [-0.25, -0.2) is 4.79 Å². The molecule has 6 N–H and O–H groups in total. The molecular formula is C34H50O11. The molecule has 0 amide bonds. The molecule has 0 aromatic rings. The maximum absolute atomic E-state index is 13.4. The van der Waals surface area contributed by atoms with Gasteiger partial charge in [0.15, 0.2) is 6.29 Å². The standard InChI is InChI=1S/C34H50O11/c1-15-9-24(44-31(42)19(15)14-43-32-30(41)29(40)28(39)25(13-35)45-32)16(2)20-5-6-21-27-22(7-8-33(20,21)3)34(4)17(11-23(27)37)10-18(36)12-26(34)38/h11,16,18,20-25,27-30,32,35-37,39-41H,5-10,12-14H2,1-4H3/t16-,18-,20+,21-,22-,23+,24+,25+,27-,28+,29-,30+,32+,33+,34-/m0/s1. The van der Waals surface area contributed by atoms with Crippen LogP contribution in [0.2, 0.25) is 0 Å². The summed E-state index contributed by atoms with van der Waals surface area (Å²) in [5, 5.41) is 61.6. The Morgan fingerprint density at radius 3 is 2.40 bits per heavy atom. The Labute approximate surface area is 264 Å². The van der Waals surface area contributed by atoms with Gasteiger partial charge in [-0.2, -0.15) is 0 Å². The van der Waals surface area contributed by atoms with Gasteiger partial charge in [0.2, 0.25) is 0 Å². The zero-order valence-electron chi connectivity index (χ0n) is 26.7. The molecule has 11 heteroatoms. The highest BCUT2D eigenvalue weighted by atomic mass is 16.7. The molecule has 15 atom stereocenters. The molecule has 4 aliphatic carbocycles. The first kappa shape index (κ1) is 33.2. The summed E-state index contributed by atoms with van der Waals surface area (Å²) in [6, 6.07) is 0. The molecule has 0 aromatic carbocycles. The van der Waals surface area contributed by atoms with Crippen molar-refractivity contribution in [2.45, 2.75) is 122 Å². The minimum Gasteiger partial charge on any atom is -0.458 e. The summed E-state index contributed by atoms with van der Waals surface area (Å²) < 4.78 is 17.1. The molecule has 4 fully saturated rings. The van der Waals surface area contributed by atoms with Crippen LogP contribution in [0.4, 0.5) is 0 Å². The zero-order chi connectivity index (χ0) is 32.6. The van der Waals surface area contributed by atoms with E-state index in [1.807, 2.05) is 19.9 Å². The zero-order valence-corrected chi connectivity index (χ0v) is 26.7. The first-order chi connectivity index (χ1) is 21.2. The lowest BCUT2D eigenvalue weighted by Gasteiger charge is -2.58. The third kappa shape index (κ3) is 5.26. The fourth-order valence-electron chi connectivity index (χ4n) is 10.3. The lowest BCUT2D eigenvalue weighted by atomic mass is 9.46. The molecular weight excluding hydrogens is 584 g/mol. The van der Waals surface area contributed by atoms with Gasteiger partial charge >= 0.3 is 5.97 Å². The van der Waals surface area contributed by atoms with Crippen molar-refractivity contribution in [1.82, 2.24) is 0 Å². The van der Waals surface area contributed by atoms with Crippen LogP contribution in [0.3, 0.4) is 0 Å². The van der Waals surface area contributed by atoms with Gasteiger partial charge in [0, 0.05) is 12.8 Å². The lowest BCUT2D eigenvalue weighted by molar-refractivity contribution is -0.299. The highest BCUT2D eigenvalue weighted by molar-refractivity contribution is 5.91. The van der Waals surface area contributed by atoms with E-state index < -0.39 is 60.9 Å². The van der Waals surface area contributed by atoms with Gasteiger partial charge in [-0.05, 0) is 81.0 Å². The van der Waals surface area contributed by atoms with Gasteiger partial charge in [-0.1, -0.05) is 31.1 Å². The number of ether oxygens (including phenoxy) is 3. The second kappa shape index (κ2) is 12.1. The highest BCUT2D eigenvalue weighted by Crippen LogP contribution is 2.67. The van der Waals surface area contributed by atoms with Crippen molar-refractivity contribution >= 4 is 11.8 Å². The summed E-state index contributed by atoms with van der Waals surface area (Å²) in [6.45, 7) is 7.56. The highest BCUT2D eigenvalue weighted by Gasteiger charge is 2.63. The molecule has 11 nitrogen and oxygen atoms in total. The molecule has 0 unspecified atom stereocenters. The normalized spacial score (nSPS) is 49.1. The average molecular weight is 635 g/mol. The Balaban J connectivity index is 1.14. The minimum atomic E-state index is -1.57. The molecule has 6 aliphatic rings. The Kier molecular flexibility index (Phi) is 8.91. The third-order valence-electron chi connectivity index (χ3n) is 13.0. The van der Waals surface area contributed by atoms with E-state index in [9.17, 15) is 40.2 Å². The number of hydrogen-bond donors (Lipinski definition) is 6. The summed E-state index contributed by atoms with van der Waals surface area (Å²) >= 11 is 0. The Morgan fingerprint density at radius 1 is 0.978 bits per heavy atom. The number of ketones is 1. The van der Waals surface area contributed by atoms with E-state index in [0.717, 1.165) is 36.8 Å². The number of aliphatic hydroxyl groups excluding tert-OH is 6. The largest absolute Gasteiger partial charge is 0.458 e. The van der Waals surface area contributed by atoms with Gasteiger partial charge in [0.05, 0.1) is 36.4 Å². The van der Waals surface area contributed by atoms with Crippen LogP contribution in [0.25, 0.3) is 0 Å². The minimum absolute atomic E-state index is 0.0319. The number of hydrogen-bond acceptors (Lipinski definition) is 11. The van der Waals surface area contributed by atoms with Crippen molar-refractivity contribution < 1.29 is 54.4 Å².